The van der Waals surface area contributed by atoms with Crippen molar-refractivity contribution in [1.29, 1.82) is 0 Å². The highest BCUT2D eigenvalue weighted by molar-refractivity contribution is 5.94. The van der Waals surface area contributed by atoms with Crippen molar-refractivity contribution in [2.75, 3.05) is 18.4 Å². The van der Waals surface area contributed by atoms with Crippen molar-refractivity contribution < 1.29 is 9.59 Å². The molecule has 4 heteroatoms. The van der Waals surface area contributed by atoms with E-state index in [1.165, 1.54) is 0 Å². The lowest BCUT2D eigenvalue weighted by atomic mass is 9.93. The van der Waals surface area contributed by atoms with Gasteiger partial charge in [0, 0.05) is 18.2 Å². The average Bonchev–Trinajstić information content (AvgIpc) is 2.47. The van der Waals surface area contributed by atoms with Crippen LogP contribution >= 0.6 is 0 Å². The number of hydrogen-bond acceptors (Lipinski definition) is 3. The molecule has 1 fully saturated rings. The molecule has 2 rings (SSSR count). The van der Waals surface area contributed by atoms with E-state index in [1.54, 1.807) is 6.92 Å². The highest BCUT2D eigenvalue weighted by atomic mass is 16.2. The molecular weight excluding hydrogens is 252 g/mol. The van der Waals surface area contributed by atoms with Gasteiger partial charge < -0.3 is 5.32 Å². The van der Waals surface area contributed by atoms with E-state index in [0.717, 1.165) is 25.1 Å². The van der Waals surface area contributed by atoms with Gasteiger partial charge in [-0.3, -0.25) is 14.5 Å². The first kappa shape index (κ1) is 14.7. The second-order valence-corrected chi connectivity index (χ2v) is 5.48. The Balaban J connectivity index is 1.94. The smallest absolute Gasteiger partial charge is 0.241 e. The molecule has 0 bridgehead atoms. The van der Waals surface area contributed by atoms with Crippen molar-refractivity contribution in [2.45, 2.75) is 32.7 Å². The molecule has 2 unspecified atom stereocenters. The molecule has 1 saturated heterocycles. The standard InChI is InChI=1S/C16H22N2O2/c1-12(16(20)17-15-8-4-3-5-9-15)18-10-6-7-14(11-18)13(2)19/h3-5,8-9,12,14H,6-7,10-11H2,1-2H3,(H,17,20). The number of anilines is 1. The fraction of sp³-hybridized carbons (Fsp3) is 0.500. The Bertz CT molecular complexity index is 473. The highest BCUT2D eigenvalue weighted by Gasteiger charge is 2.29. The SMILES string of the molecule is CC(=O)C1CCCN(C(C)C(=O)Nc2ccccc2)C1. The van der Waals surface area contributed by atoms with Gasteiger partial charge in [-0.25, -0.2) is 0 Å². The Morgan fingerprint density at radius 1 is 1.30 bits per heavy atom. The van der Waals surface area contributed by atoms with Gasteiger partial charge in [-0.05, 0) is 45.4 Å². The van der Waals surface area contributed by atoms with Crippen LogP contribution in [0.2, 0.25) is 0 Å². The number of nitrogens with one attached hydrogen (secondary N) is 1. The third kappa shape index (κ3) is 3.67. The number of Topliss-reactive ketones (excluding diaryl/α,β-unsaturated/α-hetero) is 1. The van der Waals surface area contributed by atoms with E-state index < -0.39 is 0 Å². The largest absolute Gasteiger partial charge is 0.325 e. The molecule has 1 amide bonds. The van der Waals surface area contributed by atoms with Crippen molar-refractivity contribution >= 4 is 17.4 Å². The topological polar surface area (TPSA) is 49.4 Å². The van der Waals surface area contributed by atoms with E-state index in [2.05, 4.69) is 10.2 Å². The first-order valence-corrected chi connectivity index (χ1v) is 7.18. The van der Waals surface area contributed by atoms with E-state index in [0.29, 0.717) is 6.54 Å². The molecule has 0 aliphatic carbocycles. The number of carbonyl (C=O) groups is 2. The van der Waals surface area contributed by atoms with E-state index in [-0.39, 0.29) is 23.7 Å². The van der Waals surface area contributed by atoms with Gasteiger partial charge in [0.2, 0.25) is 5.91 Å². The van der Waals surface area contributed by atoms with Gasteiger partial charge in [0.15, 0.2) is 0 Å². The van der Waals surface area contributed by atoms with Gasteiger partial charge in [0.25, 0.3) is 0 Å². The summed E-state index contributed by atoms with van der Waals surface area (Å²) in [5, 5.41) is 2.92. The molecule has 2 atom stereocenters. The molecule has 0 saturated carbocycles. The summed E-state index contributed by atoms with van der Waals surface area (Å²) in [4.78, 5) is 25.9. The minimum Gasteiger partial charge on any atom is -0.325 e. The van der Waals surface area contributed by atoms with Gasteiger partial charge >= 0.3 is 0 Å². The molecule has 1 aliphatic rings. The van der Waals surface area contributed by atoms with Crippen LogP contribution in [0.4, 0.5) is 5.69 Å². The second-order valence-electron chi connectivity index (χ2n) is 5.48. The van der Waals surface area contributed by atoms with Crippen molar-refractivity contribution in [1.82, 2.24) is 4.90 Å². The number of para-hydroxylation sites is 1. The molecule has 108 valence electrons. The van der Waals surface area contributed by atoms with Crippen molar-refractivity contribution in [3.63, 3.8) is 0 Å². The van der Waals surface area contributed by atoms with Crippen LogP contribution in [-0.4, -0.2) is 35.7 Å². The Morgan fingerprint density at radius 3 is 2.65 bits per heavy atom. The van der Waals surface area contributed by atoms with Crippen molar-refractivity contribution in [3.8, 4) is 0 Å². The Kier molecular flexibility index (Phi) is 4.90. The minimum absolute atomic E-state index is 0.0135. The molecule has 1 aromatic carbocycles. The molecule has 0 spiro atoms. The summed E-state index contributed by atoms with van der Waals surface area (Å²) in [5.41, 5.74) is 0.810. The Hall–Kier alpha value is -1.68. The molecule has 1 aliphatic heterocycles. The normalized spacial score (nSPS) is 21.2. The van der Waals surface area contributed by atoms with Crippen LogP contribution in [0.3, 0.4) is 0 Å². The third-order valence-corrected chi connectivity index (χ3v) is 4.00. The number of benzene rings is 1. The molecule has 1 heterocycles. The minimum atomic E-state index is -0.211. The van der Waals surface area contributed by atoms with Crippen LogP contribution < -0.4 is 5.32 Å². The van der Waals surface area contributed by atoms with Crippen LogP contribution in [0.15, 0.2) is 30.3 Å². The summed E-state index contributed by atoms with van der Waals surface area (Å²) in [5.74, 6) is 0.293. The zero-order valence-corrected chi connectivity index (χ0v) is 12.1. The van der Waals surface area contributed by atoms with Gasteiger partial charge in [0.1, 0.15) is 5.78 Å². The lowest BCUT2D eigenvalue weighted by Crippen LogP contribution is -2.48. The summed E-state index contributed by atoms with van der Waals surface area (Å²) in [6.45, 7) is 5.12. The number of hydrogen-bond donors (Lipinski definition) is 1. The number of ketones is 1. The fourth-order valence-electron chi connectivity index (χ4n) is 2.62. The van der Waals surface area contributed by atoms with Crippen LogP contribution in [0.5, 0.6) is 0 Å². The van der Waals surface area contributed by atoms with E-state index in [1.807, 2.05) is 37.3 Å². The van der Waals surface area contributed by atoms with E-state index >= 15 is 0 Å². The van der Waals surface area contributed by atoms with Crippen LogP contribution in [0.1, 0.15) is 26.7 Å². The number of nitrogens with zero attached hydrogens (tertiary/aromatic N) is 1. The average molecular weight is 274 g/mol. The first-order chi connectivity index (χ1) is 9.58. The highest BCUT2D eigenvalue weighted by Crippen LogP contribution is 2.20. The zero-order chi connectivity index (χ0) is 14.5. The first-order valence-electron chi connectivity index (χ1n) is 7.18. The van der Waals surface area contributed by atoms with E-state index in [9.17, 15) is 9.59 Å². The van der Waals surface area contributed by atoms with Gasteiger partial charge in [0.05, 0.1) is 6.04 Å². The maximum atomic E-state index is 12.3. The molecular formula is C16H22N2O2. The molecule has 0 aromatic heterocycles. The zero-order valence-electron chi connectivity index (χ0n) is 12.1. The van der Waals surface area contributed by atoms with Crippen molar-refractivity contribution in [3.05, 3.63) is 30.3 Å². The predicted molar refractivity (Wildman–Crippen MR) is 79.5 cm³/mol. The number of amides is 1. The predicted octanol–water partition coefficient (Wildman–Crippen LogP) is 2.31. The lowest BCUT2D eigenvalue weighted by molar-refractivity contribution is -0.126. The number of piperidine rings is 1. The summed E-state index contributed by atoms with van der Waals surface area (Å²) in [6, 6.07) is 9.25. The second kappa shape index (κ2) is 6.66. The molecule has 4 nitrogen and oxygen atoms in total. The molecule has 1 aromatic rings. The number of likely N-dealkylation sites (tertiary alicyclic amines) is 1. The molecule has 0 radical (unpaired) electrons. The Labute approximate surface area is 120 Å². The Morgan fingerprint density at radius 2 is 2.00 bits per heavy atom. The van der Waals surface area contributed by atoms with Crippen LogP contribution in [0, 0.1) is 5.92 Å². The lowest BCUT2D eigenvalue weighted by Gasteiger charge is -2.35. The maximum absolute atomic E-state index is 12.3. The van der Waals surface area contributed by atoms with Gasteiger partial charge in [-0.15, -0.1) is 0 Å². The van der Waals surface area contributed by atoms with Crippen LogP contribution in [-0.2, 0) is 9.59 Å². The molecule has 1 N–H and O–H groups in total. The summed E-state index contributed by atoms with van der Waals surface area (Å²) >= 11 is 0. The number of carbonyl (C=O) groups excluding carboxylic acids is 2. The third-order valence-electron chi connectivity index (χ3n) is 4.00. The van der Waals surface area contributed by atoms with E-state index in [4.69, 9.17) is 0 Å². The van der Waals surface area contributed by atoms with Gasteiger partial charge in [-0.2, -0.15) is 0 Å². The number of rotatable bonds is 4. The quantitative estimate of drug-likeness (QED) is 0.916. The summed E-state index contributed by atoms with van der Waals surface area (Å²) in [6.07, 6.45) is 1.92. The summed E-state index contributed by atoms with van der Waals surface area (Å²) in [7, 11) is 0. The summed E-state index contributed by atoms with van der Waals surface area (Å²) < 4.78 is 0. The maximum Gasteiger partial charge on any atom is 0.241 e. The fourth-order valence-corrected chi connectivity index (χ4v) is 2.62. The van der Waals surface area contributed by atoms with Crippen molar-refractivity contribution in [2.24, 2.45) is 5.92 Å². The van der Waals surface area contributed by atoms with Crippen LogP contribution in [0.25, 0.3) is 0 Å². The monoisotopic (exact) mass is 274 g/mol. The molecule has 20 heavy (non-hydrogen) atoms. The van der Waals surface area contributed by atoms with Gasteiger partial charge in [-0.1, -0.05) is 18.2 Å².